The molecule has 31 heavy (non-hydrogen) atoms. The highest BCUT2D eigenvalue weighted by molar-refractivity contribution is 7.12. The third-order valence-electron chi connectivity index (χ3n) is 5.66. The van der Waals surface area contributed by atoms with E-state index in [1.165, 1.54) is 11.3 Å². The lowest BCUT2D eigenvalue weighted by atomic mass is 9.95. The topological polar surface area (TPSA) is 76.5 Å². The first-order chi connectivity index (χ1) is 15.1. The number of benzene rings is 1. The van der Waals surface area contributed by atoms with Crippen LogP contribution in [0.25, 0.3) is 0 Å². The van der Waals surface area contributed by atoms with Gasteiger partial charge in [0.1, 0.15) is 17.6 Å². The van der Waals surface area contributed by atoms with Crippen LogP contribution in [0.3, 0.4) is 0 Å². The zero-order valence-corrected chi connectivity index (χ0v) is 18.5. The van der Waals surface area contributed by atoms with Gasteiger partial charge in [0.05, 0.1) is 17.9 Å². The highest BCUT2D eigenvalue weighted by Crippen LogP contribution is 2.26. The molecule has 1 saturated heterocycles. The first kappa shape index (κ1) is 21.1. The molecule has 0 unspecified atom stereocenters. The molecule has 0 saturated carbocycles. The van der Waals surface area contributed by atoms with E-state index in [1.54, 1.807) is 18.2 Å². The van der Waals surface area contributed by atoms with Crippen LogP contribution in [0, 0.1) is 5.92 Å². The van der Waals surface area contributed by atoms with Gasteiger partial charge in [0.2, 0.25) is 5.91 Å². The predicted octanol–water partition coefficient (Wildman–Crippen LogP) is 3.25. The first-order valence-corrected chi connectivity index (χ1v) is 11.2. The van der Waals surface area contributed by atoms with E-state index in [9.17, 15) is 9.59 Å². The van der Waals surface area contributed by atoms with Crippen LogP contribution in [0.4, 0.5) is 0 Å². The van der Waals surface area contributed by atoms with Crippen LogP contribution in [0.2, 0.25) is 0 Å². The number of ether oxygens (including phenoxy) is 1. The van der Waals surface area contributed by atoms with E-state index in [0.717, 1.165) is 30.0 Å². The van der Waals surface area contributed by atoms with Gasteiger partial charge in [0, 0.05) is 32.5 Å². The number of imidazole rings is 1. The normalized spacial score (nSPS) is 17.2. The molecule has 3 heterocycles. The van der Waals surface area contributed by atoms with Gasteiger partial charge in [-0.2, -0.15) is 0 Å². The summed E-state index contributed by atoms with van der Waals surface area (Å²) < 4.78 is 7.17. The van der Waals surface area contributed by atoms with Gasteiger partial charge in [-0.1, -0.05) is 18.2 Å². The highest BCUT2D eigenvalue weighted by Gasteiger charge is 2.31. The maximum atomic E-state index is 13.3. The van der Waals surface area contributed by atoms with E-state index in [1.807, 2.05) is 59.6 Å². The lowest BCUT2D eigenvalue weighted by molar-refractivity contribution is -0.126. The fourth-order valence-corrected chi connectivity index (χ4v) is 4.63. The van der Waals surface area contributed by atoms with Crippen molar-refractivity contribution in [2.24, 2.45) is 13.0 Å². The Morgan fingerprint density at radius 3 is 2.71 bits per heavy atom. The third kappa shape index (κ3) is 4.64. The molecule has 1 aromatic carbocycles. The Labute approximate surface area is 185 Å². The second-order valence-corrected chi connectivity index (χ2v) is 8.63. The number of carbonyl (C=O) groups excluding carboxylic acids is 2. The number of piperidine rings is 1. The van der Waals surface area contributed by atoms with Crippen LogP contribution in [0.1, 0.15) is 39.9 Å². The predicted molar refractivity (Wildman–Crippen MR) is 119 cm³/mol. The number of carbonyl (C=O) groups is 2. The molecule has 1 N–H and O–H groups in total. The van der Waals surface area contributed by atoms with Gasteiger partial charge in [0.25, 0.3) is 5.91 Å². The fraction of sp³-hybridized carbons (Fsp3) is 0.348. The van der Waals surface area contributed by atoms with Crippen LogP contribution in [-0.4, -0.2) is 46.5 Å². The van der Waals surface area contributed by atoms with E-state index < -0.39 is 0 Å². The quantitative estimate of drug-likeness (QED) is 0.641. The molecule has 2 aromatic heterocycles. The van der Waals surface area contributed by atoms with E-state index in [4.69, 9.17) is 4.74 Å². The van der Waals surface area contributed by atoms with Crippen LogP contribution < -0.4 is 10.1 Å². The molecule has 4 rings (SSSR count). The summed E-state index contributed by atoms with van der Waals surface area (Å²) in [5.41, 5.74) is 0.922. The van der Waals surface area contributed by atoms with Gasteiger partial charge >= 0.3 is 0 Å². The van der Waals surface area contributed by atoms with Gasteiger partial charge in [-0.05, 0) is 42.0 Å². The molecule has 0 radical (unpaired) electrons. The molecular formula is C23H26N4O3S. The number of aryl methyl sites for hydroxylation is 1. The van der Waals surface area contributed by atoms with Gasteiger partial charge < -0.3 is 19.5 Å². The Balaban J connectivity index is 1.51. The van der Waals surface area contributed by atoms with Crippen molar-refractivity contribution in [1.82, 2.24) is 19.8 Å². The van der Waals surface area contributed by atoms with Gasteiger partial charge in [-0.3, -0.25) is 9.59 Å². The summed E-state index contributed by atoms with van der Waals surface area (Å²) in [7, 11) is 3.53. The van der Waals surface area contributed by atoms with Crippen LogP contribution in [0.15, 0.2) is 54.2 Å². The molecule has 3 aromatic rings. The number of nitrogens with zero attached hydrogens (tertiary/aromatic N) is 3. The van der Waals surface area contributed by atoms with E-state index >= 15 is 0 Å². The Morgan fingerprint density at radius 1 is 1.26 bits per heavy atom. The molecule has 7 nitrogen and oxygen atoms in total. The zero-order valence-electron chi connectivity index (χ0n) is 17.7. The lowest BCUT2D eigenvalue weighted by Crippen LogP contribution is -2.46. The van der Waals surface area contributed by atoms with Crippen molar-refractivity contribution in [3.05, 3.63) is 70.4 Å². The molecule has 0 aliphatic carbocycles. The smallest absolute Gasteiger partial charge is 0.263 e. The summed E-state index contributed by atoms with van der Waals surface area (Å²) in [4.78, 5) is 33.0. The SMILES string of the molecule is COc1ccc([C@H](NC(=O)[C@@H]2CCCN(C(=O)c3cccs3)C2)c2nccn2C)cc1. The average molecular weight is 439 g/mol. The van der Waals surface area contributed by atoms with Gasteiger partial charge in [-0.25, -0.2) is 4.98 Å². The van der Waals surface area contributed by atoms with Crippen molar-refractivity contribution >= 4 is 23.2 Å². The number of aromatic nitrogens is 2. The average Bonchev–Trinajstić information content (AvgIpc) is 3.49. The summed E-state index contributed by atoms with van der Waals surface area (Å²) in [5, 5.41) is 5.08. The summed E-state index contributed by atoms with van der Waals surface area (Å²) in [6.07, 6.45) is 5.15. The molecule has 1 fully saturated rings. The number of hydrogen-bond donors (Lipinski definition) is 1. The zero-order chi connectivity index (χ0) is 21.8. The number of amides is 2. The van der Waals surface area contributed by atoms with Crippen molar-refractivity contribution in [2.45, 2.75) is 18.9 Å². The second kappa shape index (κ2) is 9.34. The Bertz CT molecular complexity index is 1030. The lowest BCUT2D eigenvalue weighted by Gasteiger charge is -2.32. The van der Waals surface area contributed by atoms with E-state index in [0.29, 0.717) is 18.0 Å². The maximum Gasteiger partial charge on any atom is 0.263 e. The minimum Gasteiger partial charge on any atom is -0.497 e. The van der Waals surface area contributed by atoms with Crippen molar-refractivity contribution in [3.63, 3.8) is 0 Å². The van der Waals surface area contributed by atoms with Gasteiger partial charge in [0.15, 0.2) is 0 Å². The summed E-state index contributed by atoms with van der Waals surface area (Å²) in [5.74, 6) is 1.19. The van der Waals surface area contributed by atoms with E-state index in [-0.39, 0.29) is 23.8 Å². The number of nitrogens with one attached hydrogen (secondary N) is 1. The largest absolute Gasteiger partial charge is 0.497 e. The molecular weight excluding hydrogens is 412 g/mol. The summed E-state index contributed by atoms with van der Waals surface area (Å²) in [6.45, 7) is 1.11. The Morgan fingerprint density at radius 2 is 2.06 bits per heavy atom. The number of hydrogen-bond acceptors (Lipinski definition) is 5. The summed E-state index contributed by atoms with van der Waals surface area (Å²) in [6, 6.07) is 10.9. The monoisotopic (exact) mass is 438 g/mol. The van der Waals surface area contributed by atoms with E-state index in [2.05, 4.69) is 10.3 Å². The molecule has 0 spiro atoms. The Hall–Kier alpha value is -3.13. The molecule has 162 valence electrons. The van der Waals surface area contributed by atoms with Crippen LogP contribution >= 0.6 is 11.3 Å². The fourth-order valence-electron chi connectivity index (χ4n) is 3.94. The van der Waals surface area contributed by atoms with Crippen molar-refractivity contribution in [1.29, 1.82) is 0 Å². The molecule has 0 bridgehead atoms. The molecule has 8 heteroatoms. The minimum atomic E-state index is -0.387. The number of rotatable bonds is 6. The third-order valence-corrected chi connectivity index (χ3v) is 6.52. The summed E-state index contributed by atoms with van der Waals surface area (Å²) >= 11 is 1.43. The molecule has 1 aliphatic heterocycles. The Kier molecular flexibility index (Phi) is 6.36. The molecule has 1 aliphatic rings. The van der Waals surface area contributed by atoms with Crippen LogP contribution in [-0.2, 0) is 11.8 Å². The number of thiophene rings is 1. The van der Waals surface area contributed by atoms with Crippen molar-refractivity contribution in [2.75, 3.05) is 20.2 Å². The van der Waals surface area contributed by atoms with Crippen molar-refractivity contribution < 1.29 is 14.3 Å². The van der Waals surface area contributed by atoms with Crippen molar-refractivity contribution in [3.8, 4) is 5.75 Å². The molecule has 2 atom stereocenters. The minimum absolute atomic E-state index is 0.00306. The van der Waals surface area contributed by atoms with Gasteiger partial charge in [-0.15, -0.1) is 11.3 Å². The van der Waals surface area contributed by atoms with Crippen LogP contribution in [0.5, 0.6) is 5.75 Å². The first-order valence-electron chi connectivity index (χ1n) is 10.3. The second-order valence-electron chi connectivity index (χ2n) is 7.68. The highest BCUT2D eigenvalue weighted by atomic mass is 32.1. The number of methoxy groups -OCH3 is 1. The maximum absolute atomic E-state index is 13.3. The number of likely N-dealkylation sites (tertiary alicyclic amines) is 1. The standard InChI is InChI=1S/C23H26N4O3S/c1-26-13-11-24-21(26)20(16-7-9-18(30-2)10-8-16)25-22(28)17-5-3-12-27(15-17)23(29)19-6-4-14-31-19/h4,6-11,13-14,17,20H,3,5,12,15H2,1-2H3,(H,25,28)/t17-,20+/m1/s1. The molecule has 2 amide bonds.